The SMILES string of the molecule is Cc1ccccc1OCCNc1ccc([N+](=O)[O-])cc1F. The number of ether oxygens (including phenoxy) is 1. The lowest BCUT2D eigenvalue weighted by atomic mass is 10.2. The molecule has 0 fully saturated rings. The van der Waals surface area contributed by atoms with Crippen molar-refractivity contribution in [3.8, 4) is 5.75 Å². The summed E-state index contributed by atoms with van der Waals surface area (Å²) in [6.45, 7) is 2.70. The van der Waals surface area contributed by atoms with E-state index in [1.54, 1.807) is 0 Å². The van der Waals surface area contributed by atoms with Crippen molar-refractivity contribution in [3.05, 3.63) is 64.0 Å². The molecular formula is C15H15FN2O3. The number of non-ortho nitro benzene ring substituents is 1. The second-order valence-electron chi connectivity index (χ2n) is 4.46. The molecule has 2 rings (SSSR count). The summed E-state index contributed by atoms with van der Waals surface area (Å²) >= 11 is 0. The van der Waals surface area contributed by atoms with Crippen molar-refractivity contribution in [2.75, 3.05) is 18.5 Å². The monoisotopic (exact) mass is 290 g/mol. The van der Waals surface area contributed by atoms with Gasteiger partial charge in [0, 0.05) is 12.6 Å². The molecule has 0 atom stereocenters. The number of hydrogen-bond donors (Lipinski definition) is 1. The van der Waals surface area contributed by atoms with Crippen molar-refractivity contribution >= 4 is 11.4 Å². The molecule has 0 amide bonds. The molecular weight excluding hydrogens is 275 g/mol. The van der Waals surface area contributed by atoms with Crippen molar-refractivity contribution in [2.45, 2.75) is 6.92 Å². The van der Waals surface area contributed by atoms with Crippen molar-refractivity contribution in [2.24, 2.45) is 0 Å². The van der Waals surface area contributed by atoms with Crippen LogP contribution in [0.1, 0.15) is 5.56 Å². The number of para-hydroxylation sites is 1. The number of aryl methyl sites for hydroxylation is 1. The number of nitro benzene ring substituents is 1. The lowest BCUT2D eigenvalue weighted by molar-refractivity contribution is -0.385. The van der Waals surface area contributed by atoms with Gasteiger partial charge in [0.25, 0.3) is 5.69 Å². The van der Waals surface area contributed by atoms with Gasteiger partial charge < -0.3 is 10.1 Å². The number of halogens is 1. The molecule has 0 unspecified atom stereocenters. The minimum atomic E-state index is -0.653. The van der Waals surface area contributed by atoms with E-state index in [4.69, 9.17) is 4.74 Å². The Hall–Kier alpha value is -2.63. The van der Waals surface area contributed by atoms with Gasteiger partial charge in [-0.3, -0.25) is 10.1 Å². The van der Waals surface area contributed by atoms with E-state index in [0.717, 1.165) is 17.4 Å². The maximum Gasteiger partial charge on any atom is 0.272 e. The van der Waals surface area contributed by atoms with Crippen LogP contribution in [0.2, 0.25) is 0 Å². The molecule has 6 heteroatoms. The maximum atomic E-state index is 13.6. The Labute approximate surface area is 121 Å². The third-order valence-corrected chi connectivity index (χ3v) is 2.93. The average molecular weight is 290 g/mol. The van der Waals surface area contributed by atoms with Crippen molar-refractivity contribution < 1.29 is 14.1 Å². The molecule has 0 radical (unpaired) electrons. The van der Waals surface area contributed by atoms with E-state index in [0.29, 0.717) is 13.2 Å². The van der Waals surface area contributed by atoms with E-state index >= 15 is 0 Å². The van der Waals surface area contributed by atoms with Gasteiger partial charge in [0.15, 0.2) is 5.82 Å². The Morgan fingerprint density at radius 2 is 2.05 bits per heavy atom. The minimum absolute atomic E-state index is 0.217. The molecule has 110 valence electrons. The van der Waals surface area contributed by atoms with E-state index in [9.17, 15) is 14.5 Å². The van der Waals surface area contributed by atoms with Gasteiger partial charge in [0.1, 0.15) is 12.4 Å². The summed E-state index contributed by atoms with van der Waals surface area (Å²) < 4.78 is 19.2. The molecule has 5 nitrogen and oxygen atoms in total. The Bertz CT molecular complexity index is 647. The van der Waals surface area contributed by atoms with Gasteiger partial charge in [-0.15, -0.1) is 0 Å². The third-order valence-electron chi connectivity index (χ3n) is 2.93. The van der Waals surface area contributed by atoms with Crippen LogP contribution in [0, 0.1) is 22.9 Å². The molecule has 2 aromatic rings. The first-order valence-electron chi connectivity index (χ1n) is 6.44. The highest BCUT2D eigenvalue weighted by Crippen LogP contribution is 2.20. The highest BCUT2D eigenvalue weighted by Gasteiger charge is 2.10. The second-order valence-corrected chi connectivity index (χ2v) is 4.46. The number of rotatable bonds is 6. The predicted octanol–water partition coefficient (Wildman–Crippen LogP) is 3.53. The fourth-order valence-electron chi connectivity index (χ4n) is 1.83. The predicted molar refractivity (Wildman–Crippen MR) is 78.2 cm³/mol. The molecule has 0 bridgehead atoms. The van der Waals surface area contributed by atoms with Crippen LogP contribution in [-0.4, -0.2) is 18.1 Å². The zero-order valence-electron chi connectivity index (χ0n) is 11.5. The Morgan fingerprint density at radius 3 is 2.71 bits per heavy atom. The van der Waals surface area contributed by atoms with E-state index in [1.807, 2.05) is 31.2 Å². The molecule has 0 aliphatic heterocycles. The first-order chi connectivity index (χ1) is 10.1. The van der Waals surface area contributed by atoms with Gasteiger partial charge >= 0.3 is 0 Å². The van der Waals surface area contributed by atoms with E-state index in [-0.39, 0.29) is 11.4 Å². The van der Waals surface area contributed by atoms with E-state index < -0.39 is 10.7 Å². The van der Waals surface area contributed by atoms with Crippen molar-refractivity contribution in [1.29, 1.82) is 0 Å². The fraction of sp³-hybridized carbons (Fsp3) is 0.200. The van der Waals surface area contributed by atoms with Gasteiger partial charge in [-0.25, -0.2) is 4.39 Å². The summed E-state index contributed by atoms with van der Waals surface area (Å²) in [4.78, 5) is 9.88. The molecule has 0 aliphatic rings. The quantitative estimate of drug-likeness (QED) is 0.502. The summed E-state index contributed by atoms with van der Waals surface area (Å²) in [5.74, 6) is 0.128. The second kappa shape index (κ2) is 6.69. The largest absolute Gasteiger partial charge is 0.491 e. The lowest BCUT2D eigenvalue weighted by Crippen LogP contribution is -2.12. The van der Waals surface area contributed by atoms with Crippen LogP contribution in [0.5, 0.6) is 5.75 Å². The molecule has 0 saturated carbocycles. The number of nitrogens with zero attached hydrogens (tertiary/aromatic N) is 1. The highest BCUT2D eigenvalue weighted by atomic mass is 19.1. The van der Waals surface area contributed by atoms with Gasteiger partial charge in [-0.1, -0.05) is 18.2 Å². The molecule has 0 aromatic heterocycles. The van der Waals surface area contributed by atoms with E-state index in [2.05, 4.69) is 5.32 Å². The first-order valence-corrected chi connectivity index (χ1v) is 6.44. The molecule has 2 aromatic carbocycles. The Morgan fingerprint density at radius 1 is 1.29 bits per heavy atom. The van der Waals surface area contributed by atoms with Gasteiger partial charge in [0.2, 0.25) is 0 Å². The molecule has 0 heterocycles. The summed E-state index contributed by atoms with van der Waals surface area (Å²) in [7, 11) is 0. The van der Waals surface area contributed by atoms with Gasteiger partial charge in [-0.2, -0.15) is 0 Å². The fourth-order valence-corrected chi connectivity index (χ4v) is 1.83. The van der Waals surface area contributed by atoms with E-state index in [1.165, 1.54) is 12.1 Å². The van der Waals surface area contributed by atoms with Crippen LogP contribution in [0.4, 0.5) is 15.8 Å². The summed E-state index contributed by atoms with van der Waals surface area (Å²) in [6, 6.07) is 11.1. The number of nitrogens with one attached hydrogen (secondary N) is 1. The summed E-state index contributed by atoms with van der Waals surface area (Å²) in [6.07, 6.45) is 0. The smallest absolute Gasteiger partial charge is 0.272 e. The third kappa shape index (κ3) is 3.92. The Kier molecular flexibility index (Phi) is 4.71. The van der Waals surface area contributed by atoms with Crippen LogP contribution in [0.15, 0.2) is 42.5 Å². The van der Waals surface area contributed by atoms with Crippen LogP contribution in [0.25, 0.3) is 0 Å². The molecule has 21 heavy (non-hydrogen) atoms. The Balaban J connectivity index is 1.87. The standard InChI is InChI=1S/C15H15FN2O3/c1-11-4-2-3-5-15(11)21-9-8-17-14-7-6-12(18(19)20)10-13(14)16/h2-7,10,17H,8-9H2,1H3. The summed E-state index contributed by atoms with van der Waals surface area (Å²) in [5, 5.41) is 13.4. The number of anilines is 1. The first kappa shape index (κ1) is 14.8. The number of nitro groups is 1. The van der Waals surface area contributed by atoms with Crippen molar-refractivity contribution in [3.63, 3.8) is 0 Å². The van der Waals surface area contributed by atoms with Crippen LogP contribution < -0.4 is 10.1 Å². The van der Waals surface area contributed by atoms with Gasteiger partial charge in [0.05, 0.1) is 16.7 Å². The zero-order chi connectivity index (χ0) is 15.2. The maximum absolute atomic E-state index is 13.6. The minimum Gasteiger partial charge on any atom is -0.491 e. The topological polar surface area (TPSA) is 64.4 Å². The normalized spacial score (nSPS) is 10.2. The van der Waals surface area contributed by atoms with Crippen LogP contribution in [-0.2, 0) is 0 Å². The molecule has 0 spiro atoms. The summed E-state index contributed by atoms with van der Waals surface area (Å²) in [5.41, 5.74) is 0.974. The molecule has 0 aliphatic carbocycles. The molecule has 1 N–H and O–H groups in total. The number of benzene rings is 2. The lowest BCUT2D eigenvalue weighted by Gasteiger charge is -2.10. The highest BCUT2D eigenvalue weighted by molar-refractivity contribution is 5.50. The molecule has 0 saturated heterocycles. The van der Waals surface area contributed by atoms with Crippen LogP contribution in [0.3, 0.4) is 0 Å². The van der Waals surface area contributed by atoms with Crippen LogP contribution >= 0.6 is 0 Å². The average Bonchev–Trinajstić information content (AvgIpc) is 2.46. The number of hydrogen-bond acceptors (Lipinski definition) is 4. The van der Waals surface area contributed by atoms with Crippen molar-refractivity contribution in [1.82, 2.24) is 0 Å². The van der Waals surface area contributed by atoms with Gasteiger partial charge in [-0.05, 0) is 24.6 Å². The zero-order valence-corrected chi connectivity index (χ0v) is 11.5.